The van der Waals surface area contributed by atoms with Gasteiger partial charge in [-0.15, -0.1) is 0 Å². The van der Waals surface area contributed by atoms with Crippen molar-refractivity contribution in [3.05, 3.63) is 39.5 Å². The van der Waals surface area contributed by atoms with Crippen LogP contribution in [0.15, 0.2) is 18.2 Å². The van der Waals surface area contributed by atoms with Crippen molar-refractivity contribution in [1.82, 2.24) is 19.3 Å². The number of fused-ring (bicyclic) bond motifs is 1. The van der Waals surface area contributed by atoms with Crippen LogP contribution in [0.2, 0.25) is 5.02 Å². The van der Waals surface area contributed by atoms with Gasteiger partial charge in [-0.05, 0) is 36.8 Å². The van der Waals surface area contributed by atoms with Gasteiger partial charge in [-0.3, -0.25) is 4.57 Å². The zero-order valence-corrected chi connectivity index (χ0v) is 13.2. The van der Waals surface area contributed by atoms with E-state index in [1.54, 1.807) is 16.8 Å². The first-order chi connectivity index (χ1) is 10.0. The summed E-state index contributed by atoms with van der Waals surface area (Å²) >= 11 is 11.3. The lowest BCUT2D eigenvalue weighted by molar-refractivity contribution is 0.627. The number of nitrogens with one attached hydrogen (secondary N) is 1. The van der Waals surface area contributed by atoms with Crippen molar-refractivity contribution >= 4 is 35.0 Å². The van der Waals surface area contributed by atoms with E-state index in [-0.39, 0.29) is 5.02 Å². The van der Waals surface area contributed by atoms with E-state index >= 15 is 0 Å². The number of aromatic amines is 1. The average Bonchev–Trinajstić information content (AvgIpc) is 2.92. The SMILES string of the molecule is CCCc1nn(C)c2c1[nH]c(=S)n2-c1ccc(F)c(Cl)c1. The highest BCUT2D eigenvalue weighted by Crippen LogP contribution is 2.25. The molecule has 0 atom stereocenters. The Labute approximate surface area is 131 Å². The fourth-order valence-corrected chi connectivity index (χ4v) is 2.96. The average molecular weight is 325 g/mol. The van der Waals surface area contributed by atoms with E-state index < -0.39 is 5.82 Å². The summed E-state index contributed by atoms with van der Waals surface area (Å²) in [6.07, 6.45) is 1.87. The molecule has 0 spiro atoms. The van der Waals surface area contributed by atoms with Crippen LogP contribution < -0.4 is 0 Å². The van der Waals surface area contributed by atoms with E-state index in [0.717, 1.165) is 29.7 Å². The van der Waals surface area contributed by atoms with Crippen molar-refractivity contribution in [3.63, 3.8) is 0 Å². The molecule has 0 amide bonds. The lowest BCUT2D eigenvalue weighted by Crippen LogP contribution is -2.01. The molecule has 0 fully saturated rings. The summed E-state index contributed by atoms with van der Waals surface area (Å²) < 4.78 is 17.5. The largest absolute Gasteiger partial charge is 0.327 e. The molecule has 2 aromatic heterocycles. The van der Waals surface area contributed by atoms with Crippen molar-refractivity contribution in [2.75, 3.05) is 0 Å². The first-order valence-corrected chi connectivity index (χ1v) is 7.43. The van der Waals surface area contributed by atoms with Crippen LogP contribution in [0, 0.1) is 10.6 Å². The minimum atomic E-state index is -0.449. The Morgan fingerprint density at radius 1 is 1.43 bits per heavy atom. The van der Waals surface area contributed by atoms with Gasteiger partial charge in [0.05, 0.1) is 16.4 Å². The number of imidazole rings is 1. The van der Waals surface area contributed by atoms with Gasteiger partial charge in [-0.2, -0.15) is 5.10 Å². The molecule has 7 heteroatoms. The van der Waals surface area contributed by atoms with Crippen molar-refractivity contribution in [2.45, 2.75) is 19.8 Å². The van der Waals surface area contributed by atoms with Crippen molar-refractivity contribution < 1.29 is 4.39 Å². The number of aromatic nitrogens is 4. The first kappa shape index (κ1) is 14.3. The molecule has 0 aliphatic rings. The maximum Gasteiger partial charge on any atom is 0.184 e. The van der Waals surface area contributed by atoms with Gasteiger partial charge in [-0.25, -0.2) is 9.07 Å². The van der Waals surface area contributed by atoms with E-state index in [0.29, 0.717) is 10.5 Å². The van der Waals surface area contributed by atoms with Gasteiger partial charge in [0.25, 0.3) is 0 Å². The smallest absolute Gasteiger partial charge is 0.184 e. The molecule has 1 aromatic carbocycles. The van der Waals surface area contributed by atoms with Crippen molar-refractivity contribution in [1.29, 1.82) is 0 Å². The van der Waals surface area contributed by atoms with Crippen LogP contribution in [0.25, 0.3) is 16.9 Å². The second-order valence-corrected chi connectivity index (χ2v) is 5.68. The molecule has 0 saturated heterocycles. The van der Waals surface area contributed by atoms with Gasteiger partial charge >= 0.3 is 0 Å². The highest BCUT2D eigenvalue weighted by Gasteiger charge is 2.16. The van der Waals surface area contributed by atoms with Crippen LogP contribution in [0.3, 0.4) is 0 Å². The topological polar surface area (TPSA) is 38.5 Å². The minimum Gasteiger partial charge on any atom is -0.327 e. The molecule has 0 aliphatic heterocycles. The Morgan fingerprint density at radius 3 is 2.86 bits per heavy atom. The Morgan fingerprint density at radius 2 is 2.19 bits per heavy atom. The van der Waals surface area contributed by atoms with Crippen LogP contribution in [0.4, 0.5) is 4.39 Å². The molecule has 2 heterocycles. The molecule has 0 bridgehead atoms. The molecule has 0 unspecified atom stereocenters. The predicted molar refractivity (Wildman–Crippen MR) is 84.2 cm³/mol. The minimum absolute atomic E-state index is 0.0692. The Kier molecular flexibility index (Phi) is 3.59. The van der Waals surface area contributed by atoms with E-state index in [1.165, 1.54) is 6.07 Å². The lowest BCUT2D eigenvalue weighted by Gasteiger charge is -2.05. The molecule has 3 aromatic rings. The first-order valence-electron chi connectivity index (χ1n) is 6.65. The normalized spacial score (nSPS) is 11.4. The molecule has 0 aliphatic carbocycles. The zero-order valence-electron chi connectivity index (χ0n) is 11.7. The van der Waals surface area contributed by atoms with Crippen LogP contribution in [-0.2, 0) is 13.5 Å². The summed E-state index contributed by atoms with van der Waals surface area (Å²) in [5.74, 6) is -0.449. The van der Waals surface area contributed by atoms with E-state index in [1.807, 2.05) is 11.6 Å². The maximum atomic E-state index is 13.3. The highest BCUT2D eigenvalue weighted by atomic mass is 35.5. The second-order valence-electron chi connectivity index (χ2n) is 4.88. The predicted octanol–water partition coefficient (Wildman–Crippen LogP) is 4.17. The number of benzene rings is 1. The number of hydrogen-bond donors (Lipinski definition) is 1. The number of rotatable bonds is 3. The van der Waals surface area contributed by atoms with Gasteiger partial charge < -0.3 is 4.98 Å². The van der Waals surface area contributed by atoms with Gasteiger partial charge in [-0.1, -0.05) is 24.9 Å². The molecule has 0 radical (unpaired) electrons. The standard InChI is InChI=1S/C14H14ClFN4S/c1-3-4-11-12-13(19(2)18-11)20(14(21)17-12)8-5-6-10(16)9(15)7-8/h5-7H,3-4H2,1-2H3,(H,17,21). The Bertz CT molecular complexity index is 877. The van der Waals surface area contributed by atoms with Gasteiger partial charge in [0.1, 0.15) is 11.3 Å². The number of nitrogens with zero attached hydrogens (tertiary/aromatic N) is 3. The summed E-state index contributed by atoms with van der Waals surface area (Å²) in [7, 11) is 1.87. The molecule has 1 N–H and O–H groups in total. The molecule has 4 nitrogen and oxygen atoms in total. The quantitative estimate of drug-likeness (QED) is 0.734. The molecular weight excluding hydrogens is 311 g/mol. The highest BCUT2D eigenvalue weighted by molar-refractivity contribution is 7.71. The summed E-state index contributed by atoms with van der Waals surface area (Å²) in [5.41, 5.74) is 3.47. The monoisotopic (exact) mass is 324 g/mol. The molecule has 0 saturated carbocycles. The summed E-state index contributed by atoms with van der Waals surface area (Å²) in [6.45, 7) is 2.10. The van der Waals surface area contributed by atoms with Crippen molar-refractivity contribution in [3.8, 4) is 5.69 Å². The number of H-pyrrole nitrogens is 1. The fraction of sp³-hybridized carbons (Fsp3) is 0.286. The Hall–Kier alpha value is -1.66. The molecular formula is C14H14ClFN4S. The third-order valence-electron chi connectivity index (χ3n) is 3.38. The van der Waals surface area contributed by atoms with Crippen LogP contribution >= 0.6 is 23.8 Å². The second kappa shape index (κ2) is 5.27. The third-order valence-corrected chi connectivity index (χ3v) is 3.96. The van der Waals surface area contributed by atoms with Gasteiger partial charge in [0.15, 0.2) is 10.4 Å². The van der Waals surface area contributed by atoms with E-state index in [4.69, 9.17) is 23.8 Å². The molecule has 110 valence electrons. The fourth-order valence-electron chi connectivity index (χ4n) is 2.49. The van der Waals surface area contributed by atoms with Gasteiger partial charge in [0.2, 0.25) is 0 Å². The van der Waals surface area contributed by atoms with Crippen LogP contribution in [0.1, 0.15) is 19.0 Å². The summed E-state index contributed by atoms with van der Waals surface area (Å²) in [5, 5.41) is 4.59. The molecule has 3 rings (SSSR count). The maximum absolute atomic E-state index is 13.3. The zero-order chi connectivity index (χ0) is 15.1. The van der Waals surface area contributed by atoms with E-state index in [2.05, 4.69) is 17.0 Å². The van der Waals surface area contributed by atoms with Crippen LogP contribution in [-0.4, -0.2) is 19.3 Å². The Balaban J connectivity index is 2.29. The van der Waals surface area contributed by atoms with E-state index in [9.17, 15) is 4.39 Å². The van der Waals surface area contributed by atoms with Gasteiger partial charge in [0, 0.05) is 7.05 Å². The number of halogens is 2. The third kappa shape index (κ3) is 2.28. The van der Waals surface area contributed by atoms with Crippen LogP contribution in [0.5, 0.6) is 0 Å². The lowest BCUT2D eigenvalue weighted by atomic mass is 10.2. The number of aryl methyl sites for hydroxylation is 2. The molecule has 21 heavy (non-hydrogen) atoms. The number of hydrogen-bond acceptors (Lipinski definition) is 2. The van der Waals surface area contributed by atoms with Crippen molar-refractivity contribution in [2.24, 2.45) is 7.05 Å². The summed E-state index contributed by atoms with van der Waals surface area (Å²) in [4.78, 5) is 3.19. The summed E-state index contributed by atoms with van der Waals surface area (Å²) in [6, 6.07) is 4.55.